The van der Waals surface area contributed by atoms with E-state index in [2.05, 4.69) is 26.0 Å². The first kappa shape index (κ1) is 23.4. The number of aromatic nitrogens is 2. The number of nitrogens with zero attached hydrogens (tertiary/aromatic N) is 4. The van der Waals surface area contributed by atoms with E-state index in [-0.39, 0.29) is 5.91 Å². The fraction of sp³-hybridized carbons (Fsp3) is 0.292. The van der Waals surface area contributed by atoms with Gasteiger partial charge in [-0.3, -0.25) is 14.6 Å². The minimum Gasteiger partial charge on any atom is -0.379 e. The van der Waals surface area contributed by atoms with E-state index in [1.807, 2.05) is 36.4 Å². The largest absolute Gasteiger partial charge is 0.379 e. The minimum absolute atomic E-state index is 0.208. The molecule has 10 heteroatoms. The molecule has 1 saturated heterocycles. The smallest absolute Gasteiger partial charge is 0.266 e. The zero-order valence-corrected chi connectivity index (χ0v) is 21.6. The number of fused-ring (bicyclic) bond motifs is 1. The van der Waals surface area contributed by atoms with E-state index >= 15 is 0 Å². The molecule has 4 aromatic rings. The van der Waals surface area contributed by atoms with Gasteiger partial charge >= 0.3 is 0 Å². The highest BCUT2D eigenvalue weighted by Crippen LogP contribution is 2.35. The van der Waals surface area contributed by atoms with Crippen LogP contribution in [-0.4, -0.2) is 60.3 Å². The maximum Gasteiger partial charge on any atom is 0.266 e. The molecule has 1 amide bonds. The summed E-state index contributed by atoms with van der Waals surface area (Å²) in [5.74, 6) is 0.236. The zero-order chi connectivity index (χ0) is 23.7. The number of hydrogen-bond donors (Lipinski definition) is 0. The fourth-order valence-corrected chi connectivity index (χ4v) is 5.72. The Morgan fingerprint density at radius 3 is 2.82 bits per heavy atom. The van der Waals surface area contributed by atoms with Crippen LogP contribution in [0, 0.1) is 6.92 Å². The Morgan fingerprint density at radius 1 is 1.24 bits per heavy atom. The molecule has 176 valence electrons. The van der Waals surface area contributed by atoms with Crippen molar-refractivity contribution in [3.8, 4) is 11.3 Å². The summed E-state index contributed by atoms with van der Waals surface area (Å²) < 4.78 is 12.9. The van der Waals surface area contributed by atoms with Gasteiger partial charge in [-0.1, -0.05) is 62.2 Å². The van der Waals surface area contributed by atoms with Gasteiger partial charge in [-0.05, 0) is 31.2 Å². The predicted octanol–water partition coefficient (Wildman–Crippen LogP) is 5.65. The zero-order valence-electron chi connectivity index (χ0n) is 18.5. The molecular formula is C24H22BrClN4O3S. The average Bonchev–Trinajstić information content (AvgIpc) is 3.43. The van der Waals surface area contributed by atoms with Crippen LogP contribution < -0.4 is 4.90 Å². The van der Waals surface area contributed by atoms with Crippen molar-refractivity contribution >= 4 is 60.1 Å². The lowest BCUT2D eigenvalue weighted by molar-refractivity contribution is 0.0391. The molecule has 0 unspecified atom stereocenters. The highest BCUT2D eigenvalue weighted by molar-refractivity contribution is 9.10. The second kappa shape index (κ2) is 10.1. The van der Waals surface area contributed by atoms with E-state index in [0.29, 0.717) is 59.0 Å². The Balaban J connectivity index is 1.54. The third kappa shape index (κ3) is 4.76. The summed E-state index contributed by atoms with van der Waals surface area (Å²) in [6.45, 7) is 6.01. The number of anilines is 1. The van der Waals surface area contributed by atoms with Gasteiger partial charge in [0, 0.05) is 36.2 Å². The van der Waals surface area contributed by atoms with Crippen LogP contribution in [0.15, 0.2) is 51.5 Å². The normalized spacial score (nSPS) is 14.6. The molecule has 1 aliphatic rings. The topological polar surface area (TPSA) is 71.7 Å². The summed E-state index contributed by atoms with van der Waals surface area (Å²) >= 11 is 11.4. The Bertz CT molecular complexity index is 1340. The van der Waals surface area contributed by atoms with Crippen molar-refractivity contribution in [1.82, 2.24) is 15.0 Å². The van der Waals surface area contributed by atoms with Crippen molar-refractivity contribution in [2.75, 3.05) is 44.3 Å². The van der Waals surface area contributed by atoms with Crippen molar-refractivity contribution in [3.63, 3.8) is 0 Å². The highest BCUT2D eigenvalue weighted by atomic mass is 79.9. The summed E-state index contributed by atoms with van der Waals surface area (Å²) in [5, 5.41) is 5.34. The number of ether oxygens (including phenoxy) is 1. The standard InChI is InChI=1S/C24H22BrClN4O3S/c1-15-21(22(28-33-15)17-4-2-3-5-18(17)26)23(31)30(9-8-29-10-12-32-13-11-29)24-27-19-7-6-16(25)14-20(19)34-24/h2-7,14H,8-13H2,1H3. The van der Waals surface area contributed by atoms with Crippen molar-refractivity contribution in [2.45, 2.75) is 6.92 Å². The van der Waals surface area contributed by atoms with E-state index in [1.54, 1.807) is 17.9 Å². The molecule has 34 heavy (non-hydrogen) atoms. The van der Waals surface area contributed by atoms with Crippen LogP contribution in [0.2, 0.25) is 5.02 Å². The lowest BCUT2D eigenvalue weighted by Gasteiger charge is -2.29. The maximum absolute atomic E-state index is 14.0. The lowest BCUT2D eigenvalue weighted by Crippen LogP contribution is -2.43. The first-order valence-electron chi connectivity index (χ1n) is 10.9. The molecule has 7 nitrogen and oxygen atoms in total. The van der Waals surface area contributed by atoms with Crippen molar-refractivity contribution in [2.24, 2.45) is 0 Å². The molecule has 5 rings (SSSR count). The molecule has 0 bridgehead atoms. The van der Waals surface area contributed by atoms with Crippen LogP contribution in [0.3, 0.4) is 0 Å². The number of thiazole rings is 1. The van der Waals surface area contributed by atoms with E-state index in [4.69, 9.17) is 25.8 Å². The summed E-state index contributed by atoms with van der Waals surface area (Å²) in [6, 6.07) is 13.2. The molecule has 3 heterocycles. The van der Waals surface area contributed by atoms with Gasteiger partial charge in [-0.2, -0.15) is 0 Å². The second-order valence-electron chi connectivity index (χ2n) is 7.96. The van der Waals surface area contributed by atoms with Gasteiger partial charge in [0.1, 0.15) is 17.0 Å². The highest BCUT2D eigenvalue weighted by Gasteiger charge is 2.30. The van der Waals surface area contributed by atoms with Crippen molar-refractivity contribution in [1.29, 1.82) is 0 Å². The van der Waals surface area contributed by atoms with Crippen molar-refractivity contribution < 1.29 is 14.1 Å². The minimum atomic E-state index is -0.208. The third-order valence-electron chi connectivity index (χ3n) is 5.76. The number of rotatable bonds is 6. The number of carbonyl (C=O) groups excluding carboxylic acids is 1. The van der Waals surface area contributed by atoms with Crippen LogP contribution in [0.25, 0.3) is 21.5 Å². The van der Waals surface area contributed by atoms with E-state index < -0.39 is 0 Å². The third-order valence-corrected chi connectivity index (χ3v) is 7.63. The molecule has 0 aliphatic carbocycles. The summed E-state index contributed by atoms with van der Waals surface area (Å²) in [5.41, 5.74) is 2.34. The Morgan fingerprint density at radius 2 is 2.03 bits per heavy atom. The summed E-state index contributed by atoms with van der Waals surface area (Å²) in [4.78, 5) is 22.9. The molecule has 0 radical (unpaired) electrons. The Labute approximate surface area is 214 Å². The summed E-state index contributed by atoms with van der Waals surface area (Å²) in [6.07, 6.45) is 0. The van der Waals surface area contributed by atoms with Crippen LogP contribution in [-0.2, 0) is 4.74 Å². The number of morpholine rings is 1. The molecule has 1 aliphatic heterocycles. The van der Waals surface area contributed by atoms with Gasteiger partial charge < -0.3 is 9.26 Å². The lowest BCUT2D eigenvalue weighted by atomic mass is 10.1. The molecule has 2 aromatic carbocycles. The molecule has 0 atom stereocenters. The predicted molar refractivity (Wildman–Crippen MR) is 138 cm³/mol. The van der Waals surface area contributed by atoms with Gasteiger partial charge in [0.2, 0.25) is 0 Å². The van der Waals surface area contributed by atoms with Gasteiger partial charge in [0.25, 0.3) is 5.91 Å². The number of amides is 1. The van der Waals surface area contributed by atoms with Crippen LogP contribution in [0.1, 0.15) is 16.1 Å². The average molecular weight is 562 g/mol. The first-order chi connectivity index (χ1) is 16.5. The van der Waals surface area contributed by atoms with Crippen LogP contribution >= 0.6 is 38.9 Å². The summed E-state index contributed by atoms with van der Waals surface area (Å²) in [7, 11) is 0. The Hall–Kier alpha value is -2.30. The molecule has 0 spiro atoms. The monoisotopic (exact) mass is 560 g/mol. The molecule has 1 fully saturated rings. The fourth-order valence-electron chi connectivity index (χ4n) is 3.95. The van der Waals surface area contributed by atoms with Gasteiger partial charge in [0.15, 0.2) is 5.13 Å². The van der Waals surface area contributed by atoms with E-state index in [1.165, 1.54) is 11.3 Å². The molecular weight excluding hydrogens is 540 g/mol. The number of halogens is 2. The molecule has 0 saturated carbocycles. The van der Waals surface area contributed by atoms with Crippen LogP contribution in [0.5, 0.6) is 0 Å². The molecule has 0 N–H and O–H groups in total. The number of aryl methyl sites for hydroxylation is 1. The number of hydrogen-bond acceptors (Lipinski definition) is 7. The maximum atomic E-state index is 14.0. The van der Waals surface area contributed by atoms with Crippen LogP contribution in [0.4, 0.5) is 5.13 Å². The van der Waals surface area contributed by atoms with Crippen molar-refractivity contribution in [3.05, 3.63) is 63.3 Å². The number of carbonyl (C=O) groups is 1. The first-order valence-corrected chi connectivity index (χ1v) is 12.9. The molecule has 2 aromatic heterocycles. The second-order valence-corrected chi connectivity index (χ2v) is 10.3. The van der Waals surface area contributed by atoms with E-state index in [0.717, 1.165) is 27.8 Å². The van der Waals surface area contributed by atoms with E-state index in [9.17, 15) is 4.79 Å². The van der Waals surface area contributed by atoms with Gasteiger partial charge in [0.05, 0.1) is 28.5 Å². The number of benzene rings is 2. The Kier molecular flexibility index (Phi) is 6.99. The SMILES string of the molecule is Cc1onc(-c2ccccc2Cl)c1C(=O)N(CCN1CCOCC1)c1nc2ccc(Br)cc2s1. The van der Waals surface area contributed by atoms with Gasteiger partial charge in [-0.25, -0.2) is 4.98 Å². The quantitative estimate of drug-likeness (QED) is 0.303. The van der Waals surface area contributed by atoms with Gasteiger partial charge in [-0.15, -0.1) is 0 Å².